The lowest BCUT2D eigenvalue weighted by atomic mass is 10.3. The van der Waals surface area contributed by atoms with E-state index in [4.69, 9.17) is 4.52 Å². The van der Waals surface area contributed by atoms with Crippen molar-refractivity contribution in [1.82, 2.24) is 0 Å². The summed E-state index contributed by atoms with van der Waals surface area (Å²) in [4.78, 5) is 9.71. The number of rotatable bonds is 3. The Labute approximate surface area is 86.2 Å². The first-order chi connectivity index (χ1) is 5.64. The summed E-state index contributed by atoms with van der Waals surface area (Å²) in [6.45, 7) is -0.288. The molecule has 0 saturated carbocycles. The molecule has 1 N–H and O–H groups in total. The van der Waals surface area contributed by atoms with Gasteiger partial charge in [-0.2, -0.15) is 4.52 Å². The van der Waals surface area contributed by atoms with Gasteiger partial charge in [-0.15, -0.1) is 0 Å². The van der Waals surface area contributed by atoms with Crippen LogP contribution in [0.15, 0.2) is 0 Å². The van der Waals surface area contributed by atoms with Gasteiger partial charge in [0.2, 0.25) is 0 Å². The Morgan fingerprint density at radius 3 is 2.83 bits per heavy atom. The Morgan fingerprint density at radius 2 is 2.33 bits per heavy atom. The molecular weight excluding hydrogens is 231 g/mol. The first-order valence-corrected chi connectivity index (χ1v) is 10.1. The quantitative estimate of drug-likeness (QED) is 0.610. The van der Waals surface area contributed by atoms with Crippen molar-refractivity contribution in [2.75, 3.05) is 24.4 Å². The molecule has 0 aromatic carbocycles. The molecule has 1 fully saturated rings. The summed E-state index contributed by atoms with van der Waals surface area (Å²) in [6, 6.07) is 0. The van der Waals surface area contributed by atoms with Crippen molar-refractivity contribution >= 4 is 39.9 Å². The Kier molecular flexibility index (Phi) is 5.09. The topological polar surface area (TPSA) is 29.5 Å². The highest BCUT2D eigenvalue weighted by Gasteiger charge is 2.35. The van der Waals surface area contributed by atoms with Crippen LogP contribution in [-0.4, -0.2) is 35.4 Å². The lowest BCUT2D eigenvalue weighted by Gasteiger charge is -2.21. The second-order valence-corrected chi connectivity index (χ2v) is 10.5. The van der Waals surface area contributed by atoms with Crippen molar-refractivity contribution in [2.45, 2.75) is 12.5 Å². The van der Waals surface area contributed by atoms with Gasteiger partial charge in [-0.1, -0.05) is 21.6 Å². The number of hydrogen-bond donors (Lipinski definition) is 1. The SMILES string of the molecule is CS[P+](C)(O)OC1CCSSC1. The first-order valence-electron chi connectivity index (χ1n) is 3.72. The van der Waals surface area contributed by atoms with Crippen LogP contribution in [0.4, 0.5) is 0 Å². The largest absolute Gasteiger partial charge is 0.327 e. The molecule has 1 aliphatic heterocycles. The van der Waals surface area contributed by atoms with Gasteiger partial charge in [0.25, 0.3) is 0 Å². The van der Waals surface area contributed by atoms with E-state index in [1.165, 1.54) is 11.4 Å². The maximum atomic E-state index is 9.71. The minimum absolute atomic E-state index is 0.270. The molecule has 0 aliphatic carbocycles. The molecule has 1 saturated heterocycles. The van der Waals surface area contributed by atoms with Gasteiger partial charge in [-0.25, -0.2) is 4.89 Å². The predicted octanol–water partition coefficient (Wildman–Crippen LogP) is 2.90. The van der Waals surface area contributed by atoms with E-state index in [1.807, 2.05) is 34.5 Å². The van der Waals surface area contributed by atoms with Gasteiger partial charge in [-0.05, 0) is 6.42 Å². The minimum Gasteiger partial charge on any atom is -0.208 e. The lowest BCUT2D eigenvalue weighted by Crippen LogP contribution is -2.18. The maximum absolute atomic E-state index is 9.71. The Morgan fingerprint density at radius 1 is 1.58 bits per heavy atom. The normalized spacial score (nSPS) is 29.8. The molecule has 0 aromatic rings. The predicted molar refractivity (Wildman–Crippen MR) is 63.0 cm³/mol. The van der Waals surface area contributed by atoms with Gasteiger partial charge in [0, 0.05) is 17.8 Å². The Hall–Kier alpha value is 1.40. The summed E-state index contributed by atoms with van der Waals surface area (Å²) >= 11 is 1.45. The van der Waals surface area contributed by atoms with Crippen molar-refractivity contribution in [3.8, 4) is 0 Å². The molecule has 6 heteroatoms. The van der Waals surface area contributed by atoms with Crippen molar-refractivity contribution in [1.29, 1.82) is 0 Å². The number of hydrogen-bond acceptors (Lipinski definition) is 5. The lowest BCUT2D eigenvalue weighted by molar-refractivity contribution is 0.221. The van der Waals surface area contributed by atoms with E-state index in [9.17, 15) is 4.89 Å². The van der Waals surface area contributed by atoms with E-state index in [2.05, 4.69) is 0 Å². The highest BCUT2D eigenvalue weighted by Crippen LogP contribution is 2.64. The van der Waals surface area contributed by atoms with Crippen LogP contribution in [0.1, 0.15) is 6.42 Å². The van der Waals surface area contributed by atoms with E-state index >= 15 is 0 Å². The van der Waals surface area contributed by atoms with Crippen LogP contribution in [0.2, 0.25) is 0 Å². The third-order valence-electron chi connectivity index (χ3n) is 1.54. The van der Waals surface area contributed by atoms with E-state index < -0.39 is 6.92 Å². The van der Waals surface area contributed by atoms with Gasteiger partial charge in [0.15, 0.2) is 0 Å². The second kappa shape index (κ2) is 5.32. The van der Waals surface area contributed by atoms with E-state index in [1.54, 1.807) is 0 Å². The first kappa shape index (κ1) is 11.5. The summed E-state index contributed by atoms with van der Waals surface area (Å²) in [7, 11) is 3.74. The van der Waals surface area contributed by atoms with Gasteiger partial charge < -0.3 is 0 Å². The fourth-order valence-corrected chi connectivity index (χ4v) is 4.74. The standard InChI is InChI=1S/C6H14O2PS3/c1-9(7,10-2)8-6-3-4-11-12-5-6/h6-7H,3-5H2,1-2H3/q+1. The summed E-state index contributed by atoms with van der Waals surface area (Å²) < 4.78 is 5.62. The summed E-state index contributed by atoms with van der Waals surface area (Å²) in [5, 5.41) is 0. The summed E-state index contributed by atoms with van der Waals surface area (Å²) in [6.07, 6.45) is 3.25. The van der Waals surface area contributed by atoms with Crippen LogP contribution >= 0.6 is 39.9 Å². The third kappa shape index (κ3) is 4.07. The van der Waals surface area contributed by atoms with Crippen LogP contribution in [0.25, 0.3) is 0 Å². The average Bonchev–Trinajstić information content (AvgIpc) is 2.06. The van der Waals surface area contributed by atoms with Gasteiger partial charge in [0.05, 0.1) is 11.4 Å². The van der Waals surface area contributed by atoms with Crippen molar-refractivity contribution < 1.29 is 9.42 Å². The maximum Gasteiger partial charge on any atom is 0.327 e. The Bertz CT molecular complexity index is 139. The highest BCUT2D eigenvalue weighted by atomic mass is 33.1. The third-order valence-corrected chi connectivity index (χ3v) is 7.69. The Balaban J connectivity index is 2.28. The van der Waals surface area contributed by atoms with Crippen LogP contribution < -0.4 is 0 Å². The smallest absolute Gasteiger partial charge is 0.208 e. The molecule has 0 amide bonds. The van der Waals surface area contributed by atoms with E-state index in [0.717, 1.165) is 17.9 Å². The molecule has 2 unspecified atom stereocenters. The van der Waals surface area contributed by atoms with Gasteiger partial charge in [0.1, 0.15) is 12.8 Å². The zero-order chi connectivity index (χ0) is 9.03. The molecule has 0 aromatic heterocycles. The van der Waals surface area contributed by atoms with Crippen molar-refractivity contribution in [3.05, 3.63) is 0 Å². The molecular formula is C6H14O2PS3+. The van der Waals surface area contributed by atoms with Crippen LogP contribution in [0.3, 0.4) is 0 Å². The highest BCUT2D eigenvalue weighted by molar-refractivity contribution is 8.76. The second-order valence-electron chi connectivity index (χ2n) is 2.61. The molecule has 1 rings (SSSR count). The molecule has 2 atom stereocenters. The average molecular weight is 245 g/mol. The molecule has 0 radical (unpaired) electrons. The fourth-order valence-electron chi connectivity index (χ4n) is 0.849. The van der Waals surface area contributed by atoms with Gasteiger partial charge >= 0.3 is 6.92 Å². The van der Waals surface area contributed by atoms with E-state index in [-0.39, 0.29) is 6.10 Å². The van der Waals surface area contributed by atoms with Crippen LogP contribution in [0, 0.1) is 0 Å². The summed E-state index contributed by atoms with van der Waals surface area (Å²) in [5.74, 6) is 2.16. The van der Waals surface area contributed by atoms with Crippen LogP contribution in [-0.2, 0) is 4.52 Å². The molecule has 2 nitrogen and oxygen atoms in total. The monoisotopic (exact) mass is 245 g/mol. The van der Waals surface area contributed by atoms with Crippen molar-refractivity contribution in [3.63, 3.8) is 0 Å². The minimum atomic E-state index is -2.10. The molecule has 1 heterocycles. The van der Waals surface area contributed by atoms with Crippen LogP contribution in [0.5, 0.6) is 0 Å². The molecule has 1 aliphatic rings. The molecule has 0 bridgehead atoms. The summed E-state index contributed by atoms with van der Waals surface area (Å²) in [5.41, 5.74) is 0. The van der Waals surface area contributed by atoms with Gasteiger partial charge in [-0.3, -0.25) is 0 Å². The zero-order valence-corrected chi connectivity index (χ0v) is 10.6. The molecule has 0 spiro atoms. The zero-order valence-electron chi connectivity index (χ0n) is 7.23. The van der Waals surface area contributed by atoms with Crippen molar-refractivity contribution in [2.24, 2.45) is 0 Å². The molecule has 72 valence electrons. The van der Waals surface area contributed by atoms with E-state index in [0.29, 0.717) is 0 Å². The molecule has 12 heavy (non-hydrogen) atoms. The fraction of sp³-hybridized carbons (Fsp3) is 1.00.